The van der Waals surface area contributed by atoms with Gasteiger partial charge in [-0.2, -0.15) is 5.10 Å². The van der Waals surface area contributed by atoms with Gasteiger partial charge in [-0.25, -0.2) is 8.42 Å². The van der Waals surface area contributed by atoms with Crippen LogP contribution in [0.25, 0.3) is 0 Å². The summed E-state index contributed by atoms with van der Waals surface area (Å²) in [6.07, 6.45) is 3.40. The number of carbonyl (C=O) groups is 1. The summed E-state index contributed by atoms with van der Waals surface area (Å²) in [4.78, 5) is 11.1. The molecule has 1 aromatic carbocycles. The highest BCUT2D eigenvalue weighted by atomic mass is 32.2. The predicted molar refractivity (Wildman–Crippen MR) is 81.0 cm³/mol. The van der Waals surface area contributed by atoms with Crippen LogP contribution in [-0.2, 0) is 28.3 Å². The lowest BCUT2D eigenvalue weighted by atomic mass is 10.2. The fraction of sp³-hybridized carbons (Fsp3) is 0.286. The van der Waals surface area contributed by atoms with E-state index in [1.807, 2.05) is 0 Å². The highest BCUT2D eigenvalue weighted by molar-refractivity contribution is 7.92. The number of fused-ring (bicyclic) bond motifs is 1. The lowest BCUT2D eigenvalue weighted by Gasteiger charge is -2.21. The van der Waals surface area contributed by atoms with Gasteiger partial charge in [-0.1, -0.05) is 0 Å². The fourth-order valence-corrected chi connectivity index (χ4v) is 3.86. The molecule has 3 rings (SSSR count). The van der Waals surface area contributed by atoms with Crippen LogP contribution in [0.3, 0.4) is 0 Å². The molecule has 0 spiro atoms. The van der Waals surface area contributed by atoms with Crippen molar-refractivity contribution in [3.63, 3.8) is 0 Å². The second-order valence-corrected chi connectivity index (χ2v) is 7.01. The van der Waals surface area contributed by atoms with Gasteiger partial charge in [0.1, 0.15) is 12.3 Å². The summed E-state index contributed by atoms with van der Waals surface area (Å²) in [5.41, 5.74) is 0.999. The van der Waals surface area contributed by atoms with Gasteiger partial charge in [-0.15, -0.1) is 0 Å². The van der Waals surface area contributed by atoms with Gasteiger partial charge < -0.3 is 9.84 Å². The SMILES string of the molecule is Cn1cc(N(CC(=O)O)S(=O)(=O)c2ccc3c(c2)CCO3)cn1. The van der Waals surface area contributed by atoms with Gasteiger partial charge in [0, 0.05) is 19.7 Å². The van der Waals surface area contributed by atoms with E-state index in [-0.39, 0.29) is 10.6 Å². The number of carboxylic acids is 1. The summed E-state index contributed by atoms with van der Waals surface area (Å²) in [5.74, 6) is -0.586. The summed E-state index contributed by atoms with van der Waals surface area (Å²) >= 11 is 0. The summed E-state index contributed by atoms with van der Waals surface area (Å²) in [6, 6.07) is 4.55. The highest BCUT2D eigenvalue weighted by Crippen LogP contribution is 2.30. The molecule has 1 aromatic heterocycles. The molecule has 8 nitrogen and oxygen atoms in total. The summed E-state index contributed by atoms with van der Waals surface area (Å²) < 4.78 is 33.3. The maximum atomic E-state index is 12.9. The van der Waals surface area contributed by atoms with Gasteiger partial charge >= 0.3 is 5.97 Å². The first kappa shape index (κ1) is 15.3. The van der Waals surface area contributed by atoms with Crippen molar-refractivity contribution < 1.29 is 23.1 Å². The van der Waals surface area contributed by atoms with Crippen LogP contribution in [0.5, 0.6) is 5.75 Å². The minimum atomic E-state index is -4.01. The molecule has 1 aliphatic heterocycles. The Hall–Kier alpha value is -2.55. The number of hydrogen-bond acceptors (Lipinski definition) is 5. The van der Waals surface area contributed by atoms with E-state index in [0.29, 0.717) is 18.8 Å². The van der Waals surface area contributed by atoms with Crippen LogP contribution in [0.1, 0.15) is 5.56 Å². The number of sulfonamides is 1. The van der Waals surface area contributed by atoms with Crippen molar-refractivity contribution in [1.29, 1.82) is 0 Å². The molecule has 0 fully saturated rings. The van der Waals surface area contributed by atoms with Crippen LogP contribution >= 0.6 is 0 Å². The van der Waals surface area contributed by atoms with Crippen molar-refractivity contribution >= 4 is 21.7 Å². The Morgan fingerprint density at radius 2 is 2.26 bits per heavy atom. The van der Waals surface area contributed by atoms with E-state index in [1.54, 1.807) is 13.1 Å². The number of carboxylic acid groups (broad SMARTS) is 1. The Kier molecular flexibility index (Phi) is 3.72. The normalized spacial score (nSPS) is 13.4. The van der Waals surface area contributed by atoms with Gasteiger partial charge in [0.15, 0.2) is 0 Å². The number of benzene rings is 1. The monoisotopic (exact) mass is 337 g/mol. The van der Waals surface area contributed by atoms with Crippen LogP contribution in [-0.4, -0.2) is 42.4 Å². The first-order valence-electron chi connectivity index (χ1n) is 6.87. The van der Waals surface area contributed by atoms with Crippen LogP contribution in [0, 0.1) is 0 Å². The molecule has 0 saturated carbocycles. The van der Waals surface area contributed by atoms with Crippen molar-refractivity contribution in [2.75, 3.05) is 17.5 Å². The molecular weight excluding hydrogens is 322 g/mol. The van der Waals surface area contributed by atoms with Crippen molar-refractivity contribution in [1.82, 2.24) is 9.78 Å². The van der Waals surface area contributed by atoms with Gasteiger partial charge in [0.25, 0.3) is 10.0 Å². The molecule has 0 atom stereocenters. The fourth-order valence-electron chi connectivity index (χ4n) is 2.43. The van der Waals surface area contributed by atoms with E-state index in [1.165, 1.54) is 29.2 Å². The molecule has 0 saturated heterocycles. The van der Waals surface area contributed by atoms with Gasteiger partial charge in [0.05, 0.1) is 23.4 Å². The number of ether oxygens (including phenoxy) is 1. The Morgan fingerprint density at radius 3 is 2.91 bits per heavy atom. The minimum absolute atomic E-state index is 0.0341. The van der Waals surface area contributed by atoms with Crippen molar-refractivity contribution in [2.45, 2.75) is 11.3 Å². The molecule has 9 heteroatoms. The Bertz CT molecular complexity index is 859. The number of rotatable bonds is 5. The summed E-state index contributed by atoms with van der Waals surface area (Å²) in [7, 11) is -2.39. The number of anilines is 1. The van der Waals surface area contributed by atoms with Gasteiger partial charge in [0.2, 0.25) is 0 Å². The van der Waals surface area contributed by atoms with E-state index in [2.05, 4.69) is 5.10 Å². The zero-order chi connectivity index (χ0) is 16.6. The lowest BCUT2D eigenvalue weighted by molar-refractivity contribution is -0.135. The third-order valence-electron chi connectivity index (χ3n) is 3.51. The second kappa shape index (κ2) is 5.58. The Labute approximate surface area is 133 Å². The molecule has 0 unspecified atom stereocenters. The van der Waals surface area contributed by atoms with Crippen LogP contribution in [0.2, 0.25) is 0 Å². The lowest BCUT2D eigenvalue weighted by Crippen LogP contribution is -2.35. The molecule has 23 heavy (non-hydrogen) atoms. The predicted octanol–water partition coefficient (Wildman–Crippen LogP) is 0.635. The van der Waals surface area contributed by atoms with Crippen LogP contribution in [0.4, 0.5) is 5.69 Å². The maximum absolute atomic E-state index is 12.9. The van der Waals surface area contributed by atoms with Crippen molar-refractivity contribution in [3.8, 4) is 5.75 Å². The van der Waals surface area contributed by atoms with Crippen LogP contribution < -0.4 is 9.04 Å². The van der Waals surface area contributed by atoms with Crippen molar-refractivity contribution in [2.24, 2.45) is 7.05 Å². The number of aryl methyl sites for hydroxylation is 1. The first-order valence-corrected chi connectivity index (χ1v) is 8.31. The molecule has 1 aliphatic rings. The molecule has 122 valence electrons. The highest BCUT2D eigenvalue weighted by Gasteiger charge is 2.29. The molecule has 2 aromatic rings. The van der Waals surface area contributed by atoms with Crippen LogP contribution in [0.15, 0.2) is 35.5 Å². The Balaban J connectivity index is 2.04. The quantitative estimate of drug-likeness (QED) is 0.859. The van der Waals surface area contributed by atoms with Gasteiger partial charge in [-0.05, 0) is 23.8 Å². The molecule has 2 heterocycles. The molecule has 0 bridgehead atoms. The third kappa shape index (κ3) is 2.87. The topological polar surface area (TPSA) is 102 Å². The summed E-state index contributed by atoms with van der Waals surface area (Å²) in [5, 5.41) is 13.0. The molecule has 0 radical (unpaired) electrons. The van der Waals surface area contributed by atoms with E-state index in [0.717, 1.165) is 9.87 Å². The molecule has 0 amide bonds. The molecular formula is C14H15N3O5S. The summed E-state index contributed by atoms with van der Waals surface area (Å²) in [6.45, 7) is -0.165. The van der Waals surface area contributed by atoms with Gasteiger partial charge in [-0.3, -0.25) is 13.8 Å². The number of aromatic nitrogens is 2. The number of hydrogen-bond donors (Lipinski definition) is 1. The van der Waals surface area contributed by atoms with E-state index in [9.17, 15) is 13.2 Å². The third-order valence-corrected chi connectivity index (χ3v) is 5.28. The largest absolute Gasteiger partial charge is 0.493 e. The van der Waals surface area contributed by atoms with E-state index < -0.39 is 22.5 Å². The smallest absolute Gasteiger partial charge is 0.324 e. The van der Waals surface area contributed by atoms with Crippen molar-refractivity contribution in [3.05, 3.63) is 36.2 Å². The first-order chi connectivity index (χ1) is 10.9. The number of aliphatic carboxylic acids is 1. The Morgan fingerprint density at radius 1 is 1.48 bits per heavy atom. The standard InChI is InChI=1S/C14H15N3O5S/c1-16-8-11(7-15-16)17(9-14(18)19)23(20,21)12-2-3-13-10(6-12)4-5-22-13/h2-3,6-8H,4-5,9H2,1H3,(H,18,19). The second-order valence-electron chi connectivity index (χ2n) is 5.15. The molecule has 0 aliphatic carbocycles. The average Bonchev–Trinajstić information content (AvgIpc) is 3.12. The van der Waals surface area contributed by atoms with E-state index in [4.69, 9.17) is 9.84 Å². The number of nitrogens with zero attached hydrogens (tertiary/aromatic N) is 3. The average molecular weight is 337 g/mol. The zero-order valence-corrected chi connectivity index (χ0v) is 13.2. The zero-order valence-electron chi connectivity index (χ0n) is 12.3. The maximum Gasteiger partial charge on any atom is 0.324 e. The van der Waals surface area contributed by atoms with E-state index >= 15 is 0 Å². The molecule has 1 N–H and O–H groups in total. The minimum Gasteiger partial charge on any atom is -0.493 e.